The fourth-order valence-electron chi connectivity index (χ4n) is 2.02. The Hall–Kier alpha value is -0.590. The number of Topliss-reactive ketones (excluding diaryl/α,β-unsaturated/α-hetero) is 1. The maximum Gasteiger partial charge on any atom is 0.133 e. The van der Waals surface area contributed by atoms with Crippen molar-refractivity contribution in [3.05, 3.63) is 12.2 Å². The largest absolute Gasteiger partial charge is 0.300 e. The molecule has 0 radical (unpaired) electrons. The monoisotopic (exact) mass is 194 g/mol. The van der Waals surface area contributed by atoms with Crippen LogP contribution in [-0.4, -0.2) is 5.78 Å². The molecule has 0 aromatic rings. The highest BCUT2D eigenvalue weighted by Crippen LogP contribution is 2.22. The maximum absolute atomic E-state index is 11.2. The van der Waals surface area contributed by atoms with Gasteiger partial charge in [-0.25, -0.2) is 0 Å². The average Bonchev–Trinajstić information content (AvgIpc) is 2.18. The Labute approximate surface area is 87.6 Å². The van der Waals surface area contributed by atoms with Crippen molar-refractivity contribution in [1.29, 1.82) is 0 Å². The molecule has 0 aromatic heterocycles. The molecule has 1 rings (SSSR count). The third kappa shape index (κ3) is 4.59. The zero-order chi connectivity index (χ0) is 10.2. The summed E-state index contributed by atoms with van der Waals surface area (Å²) in [6.07, 6.45) is 13.6. The van der Waals surface area contributed by atoms with Crippen LogP contribution in [0, 0.1) is 5.92 Å². The summed E-state index contributed by atoms with van der Waals surface area (Å²) in [7, 11) is 0. The summed E-state index contributed by atoms with van der Waals surface area (Å²) in [5.74, 6) is 1.01. The zero-order valence-corrected chi connectivity index (χ0v) is 9.30. The fourth-order valence-corrected chi connectivity index (χ4v) is 2.02. The summed E-state index contributed by atoms with van der Waals surface area (Å²) in [5.41, 5.74) is 0. The highest BCUT2D eigenvalue weighted by atomic mass is 16.1. The van der Waals surface area contributed by atoms with E-state index in [1.165, 1.54) is 32.1 Å². The highest BCUT2D eigenvalue weighted by molar-refractivity contribution is 5.79. The number of hydrogen-bond donors (Lipinski definition) is 0. The summed E-state index contributed by atoms with van der Waals surface area (Å²) in [6, 6.07) is 0. The molecule has 1 fully saturated rings. The van der Waals surface area contributed by atoms with Crippen LogP contribution in [0.2, 0.25) is 0 Å². The molecule has 0 aliphatic heterocycles. The predicted octanol–water partition coefficient (Wildman–Crippen LogP) is 3.88. The molecule has 1 heteroatoms. The standard InChI is InChI=1S/C13H22O/c1-2-3-4-5-6-8-12-9-7-10-13(14)11-12/h6,8,12H,2-5,7,9-11H2,1H3/b8-6+/t12-/m1/s1. The van der Waals surface area contributed by atoms with E-state index in [-0.39, 0.29) is 0 Å². The first-order valence-corrected chi connectivity index (χ1v) is 6.01. The number of rotatable bonds is 5. The molecule has 0 unspecified atom stereocenters. The molecule has 1 aliphatic rings. The molecule has 0 aromatic carbocycles. The van der Waals surface area contributed by atoms with Gasteiger partial charge in [0.05, 0.1) is 0 Å². The van der Waals surface area contributed by atoms with E-state index in [4.69, 9.17) is 0 Å². The van der Waals surface area contributed by atoms with Crippen LogP contribution in [0.15, 0.2) is 12.2 Å². The van der Waals surface area contributed by atoms with Gasteiger partial charge in [0.1, 0.15) is 5.78 Å². The second-order valence-electron chi connectivity index (χ2n) is 4.32. The van der Waals surface area contributed by atoms with Gasteiger partial charge in [0.25, 0.3) is 0 Å². The van der Waals surface area contributed by atoms with E-state index in [9.17, 15) is 4.79 Å². The number of allylic oxidation sites excluding steroid dienone is 2. The minimum atomic E-state index is 0.458. The van der Waals surface area contributed by atoms with Crippen LogP contribution in [-0.2, 0) is 4.79 Å². The lowest BCUT2D eigenvalue weighted by atomic mass is 9.88. The van der Waals surface area contributed by atoms with Crippen molar-refractivity contribution >= 4 is 5.78 Å². The minimum Gasteiger partial charge on any atom is -0.300 e. The number of carbonyl (C=O) groups is 1. The molecule has 0 bridgehead atoms. The maximum atomic E-state index is 11.2. The van der Waals surface area contributed by atoms with Gasteiger partial charge in [0.2, 0.25) is 0 Å². The first-order valence-electron chi connectivity index (χ1n) is 6.01. The van der Waals surface area contributed by atoms with Gasteiger partial charge in [-0.05, 0) is 31.6 Å². The molecule has 0 spiro atoms. The van der Waals surface area contributed by atoms with Gasteiger partial charge in [-0.15, -0.1) is 0 Å². The Balaban J connectivity index is 2.12. The first kappa shape index (κ1) is 11.5. The smallest absolute Gasteiger partial charge is 0.133 e. The Bertz CT molecular complexity index is 193. The van der Waals surface area contributed by atoms with Crippen molar-refractivity contribution in [3.8, 4) is 0 Å². The quantitative estimate of drug-likeness (QED) is 0.479. The second kappa shape index (κ2) is 6.80. The summed E-state index contributed by atoms with van der Waals surface area (Å²) in [6.45, 7) is 2.23. The molecule has 1 saturated carbocycles. The van der Waals surface area contributed by atoms with Crippen molar-refractivity contribution in [3.63, 3.8) is 0 Å². The lowest BCUT2D eigenvalue weighted by molar-refractivity contribution is -0.121. The van der Waals surface area contributed by atoms with E-state index in [1.807, 2.05) is 0 Å². The van der Waals surface area contributed by atoms with E-state index >= 15 is 0 Å². The molecule has 0 heterocycles. The molecule has 1 aliphatic carbocycles. The summed E-state index contributed by atoms with van der Waals surface area (Å²) in [5, 5.41) is 0. The van der Waals surface area contributed by atoms with E-state index in [0.717, 1.165) is 19.3 Å². The normalized spacial score (nSPS) is 23.2. The van der Waals surface area contributed by atoms with E-state index in [2.05, 4.69) is 19.1 Å². The van der Waals surface area contributed by atoms with E-state index < -0.39 is 0 Å². The van der Waals surface area contributed by atoms with Gasteiger partial charge >= 0.3 is 0 Å². The third-order valence-electron chi connectivity index (χ3n) is 2.90. The van der Waals surface area contributed by atoms with E-state index in [0.29, 0.717) is 11.7 Å². The van der Waals surface area contributed by atoms with Gasteiger partial charge in [-0.1, -0.05) is 31.9 Å². The molecular formula is C13H22O. The van der Waals surface area contributed by atoms with Crippen LogP contribution in [0.4, 0.5) is 0 Å². The lowest BCUT2D eigenvalue weighted by Gasteiger charge is -2.16. The number of ketones is 1. The highest BCUT2D eigenvalue weighted by Gasteiger charge is 2.16. The van der Waals surface area contributed by atoms with Crippen molar-refractivity contribution in [2.75, 3.05) is 0 Å². The Kier molecular flexibility index (Phi) is 5.58. The molecule has 0 saturated heterocycles. The van der Waals surface area contributed by atoms with Gasteiger partial charge in [-0.2, -0.15) is 0 Å². The molecule has 0 N–H and O–H groups in total. The number of carbonyl (C=O) groups excluding carboxylic acids is 1. The number of hydrogen-bond acceptors (Lipinski definition) is 1. The van der Waals surface area contributed by atoms with Crippen LogP contribution in [0.1, 0.15) is 58.3 Å². The summed E-state index contributed by atoms with van der Waals surface area (Å²) in [4.78, 5) is 11.2. The topological polar surface area (TPSA) is 17.1 Å². The number of unbranched alkanes of at least 4 members (excludes halogenated alkanes) is 3. The second-order valence-corrected chi connectivity index (χ2v) is 4.32. The molecule has 14 heavy (non-hydrogen) atoms. The van der Waals surface area contributed by atoms with Gasteiger partial charge in [-0.3, -0.25) is 4.79 Å². The van der Waals surface area contributed by atoms with Gasteiger partial charge < -0.3 is 0 Å². The first-order chi connectivity index (χ1) is 6.83. The molecule has 1 atom stereocenters. The molecular weight excluding hydrogens is 172 g/mol. The van der Waals surface area contributed by atoms with E-state index in [1.54, 1.807) is 0 Å². The van der Waals surface area contributed by atoms with Crippen molar-refractivity contribution in [2.24, 2.45) is 5.92 Å². The Morgan fingerprint density at radius 1 is 1.43 bits per heavy atom. The average molecular weight is 194 g/mol. The minimum absolute atomic E-state index is 0.458. The zero-order valence-electron chi connectivity index (χ0n) is 9.30. The fraction of sp³-hybridized carbons (Fsp3) is 0.769. The van der Waals surface area contributed by atoms with Crippen molar-refractivity contribution in [1.82, 2.24) is 0 Å². The third-order valence-corrected chi connectivity index (χ3v) is 2.90. The van der Waals surface area contributed by atoms with Gasteiger partial charge in [0, 0.05) is 12.8 Å². The molecule has 80 valence electrons. The van der Waals surface area contributed by atoms with Crippen LogP contribution >= 0.6 is 0 Å². The van der Waals surface area contributed by atoms with Crippen LogP contribution < -0.4 is 0 Å². The summed E-state index contributed by atoms with van der Waals surface area (Å²) < 4.78 is 0. The van der Waals surface area contributed by atoms with Crippen LogP contribution in [0.3, 0.4) is 0 Å². The molecule has 1 nitrogen and oxygen atoms in total. The Morgan fingerprint density at radius 3 is 3.00 bits per heavy atom. The van der Waals surface area contributed by atoms with Crippen LogP contribution in [0.5, 0.6) is 0 Å². The predicted molar refractivity (Wildman–Crippen MR) is 60.2 cm³/mol. The lowest BCUT2D eigenvalue weighted by Crippen LogP contribution is -2.12. The Morgan fingerprint density at radius 2 is 2.29 bits per heavy atom. The molecule has 0 amide bonds. The summed E-state index contributed by atoms with van der Waals surface area (Å²) >= 11 is 0. The van der Waals surface area contributed by atoms with Crippen molar-refractivity contribution < 1.29 is 4.79 Å². The SMILES string of the molecule is CCCCC/C=C/[C@@H]1CCCC(=O)C1. The van der Waals surface area contributed by atoms with Gasteiger partial charge in [0.15, 0.2) is 0 Å². The van der Waals surface area contributed by atoms with Crippen molar-refractivity contribution in [2.45, 2.75) is 58.3 Å². The van der Waals surface area contributed by atoms with Crippen LogP contribution in [0.25, 0.3) is 0 Å².